The largest absolute Gasteiger partial charge is 0.395 e. The summed E-state index contributed by atoms with van der Waals surface area (Å²) in [6.07, 6.45) is 6.76. The average Bonchev–Trinajstić information content (AvgIpc) is 2.74. The van der Waals surface area contributed by atoms with Crippen LogP contribution in [-0.4, -0.2) is 36.5 Å². The molecule has 4 rings (SSSR count). The molecular formula is C23H23FN2O3S. The van der Waals surface area contributed by atoms with Crippen LogP contribution in [0.25, 0.3) is 5.57 Å². The van der Waals surface area contributed by atoms with Crippen LogP contribution in [0.1, 0.15) is 42.7 Å². The molecule has 3 atom stereocenters. The molecule has 156 valence electrons. The topological polar surface area (TPSA) is 81.4 Å². The van der Waals surface area contributed by atoms with Crippen LogP contribution >= 0.6 is 0 Å². The van der Waals surface area contributed by atoms with E-state index < -0.39 is 40.4 Å². The molecule has 30 heavy (non-hydrogen) atoms. The summed E-state index contributed by atoms with van der Waals surface area (Å²) >= 11 is 0. The van der Waals surface area contributed by atoms with Crippen LogP contribution in [-0.2, 0) is 10.0 Å². The molecule has 2 aliphatic rings. The van der Waals surface area contributed by atoms with Gasteiger partial charge in [0.2, 0.25) is 10.0 Å². The number of halogens is 1. The zero-order valence-electron chi connectivity index (χ0n) is 16.4. The smallest absolute Gasteiger partial charge is 0.244 e. The van der Waals surface area contributed by atoms with E-state index in [9.17, 15) is 23.2 Å². The van der Waals surface area contributed by atoms with Gasteiger partial charge in [-0.15, -0.1) is 0 Å². The lowest BCUT2D eigenvalue weighted by Crippen LogP contribution is -2.65. The third kappa shape index (κ3) is 3.56. The first-order chi connectivity index (χ1) is 14.5. The van der Waals surface area contributed by atoms with E-state index in [4.69, 9.17) is 0 Å². The van der Waals surface area contributed by atoms with Crippen molar-refractivity contribution in [2.45, 2.75) is 48.6 Å². The van der Waals surface area contributed by atoms with Crippen molar-refractivity contribution in [2.75, 3.05) is 6.61 Å². The molecule has 0 spiro atoms. The van der Waals surface area contributed by atoms with Gasteiger partial charge in [0, 0.05) is 5.92 Å². The molecule has 0 amide bonds. The minimum atomic E-state index is -4.11. The fraction of sp³-hybridized carbons (Fsp3) is 0.348. The minimum Gasteiger partial charge on any atom is -0.395 e. The van der Waals surface area contributed by atoms with Gasteiger partial charge in [-0.2, -0.15) is 9.57 Å². The number of aliphatic hydroxyl groups is 1. The van der Waals surface area contributed by atoms with E-state index >= 15 is 0 Å². The van der Waals surface area contributed by atoms with Crippen molar-refractivity contribution >= 4 is 15.6 Å². The lowest BCUT2D eigenvalue weighted by Gasteiger charge is -2.50. The zero-order valence-corrected chi connectivity index (χ0v) is 17.2. The molecule has 2 aromatic carbocycles. The van der Waals surface area contributed by atoms with Gasteiger partial charge in [0.1, 0.15) is 11.9 Å². The quantitative estimate of drug-likeness (QED) is 0.788. The maximum absolute atomic E-state index is 13.6. The summed E-state index contributed by atoms with van der Waals surface area (Å²) in [4.78, 5) is -0.223. The molecule has 2 aromatic rings. The van der Waals surface area contributed by atoms with Gasteiger partial charge in [0.05, 0.1) is 23.6 Å². The van der Waals surface area contributed by atoms with Gasteiger partial charge in [0.15, 0.2) is 0 Å². The van der Waals surface area contributed by atoms with E-state index in [2.05, 4.69) is 12.1 Å². The van der Waals surface area contributed by atoms with Gasteiger partial charge in [0.25, 0.3) is 0 Å². The van der Waals surface area contributed by atoms with Gasteiger partial charge in [-0.1, -0.05) is 36.4 Å². The highest BCUT2D eigenvalue weighted by molar-refractivity contribution is 7.89. The second-order valence-corrected chi connectivity index (χ2v) is 9.58. The Labute approximate surface area is 176 Å². The lowest BCUT2D eigenvalue weighted by atomic mass is 9.78. The van der Waals surface area contributed by atoms with Gasteiger partial charge >= 0.3 is 0 Å². The van der Waals surface area contributed by atoms with Gasteiger partial charge in [-0.3, -0.25) is 0 Å². The number of nitriles is 1. The van der Waals surface area contributed by atoms with Crippen molar-refractivity contribution in [1.29, 1.82) is 5.26 Å². The predicted molar refractivity (Wildman–Crippen MR) is 111 cm³/mol. The Kier molecular flexibility index (Phi) is 5.74. The van der Waals surface area contributed by atoms with Crippen LogP contribution in [0.3, 0.4) is 0 Å². The van der Waals surface area contributed by atoms with Gasteiger partial charge in [-0.05, 0) is 60.6 Å². The monoisotopic (exact) mass is 426 g/mol. The normalized spacial score (nSPS) is 24.6. The molecule has 0 bridgehead atoms. The first kappa shape index (κ1) is 20.7. The molecule has 0 saturated carbocycles. The zero-order chi connectivity index (χ0) is 21.3. The number of allylic oxidation sites excluding steroid dienone is 2. The first-order valence-electron chi connectivity index (χ1n) is 10.1. The number of aliphatic hydroxyl groups excluding tert-OH is 1. The SMILES string of the molecule is N#C[C@H]1[C@H](c2ccc(C3=CCCCC3)cc2)[C@@H](CO)N1S(=O)(=O)c1cccc(F)c1. The molecule has 0 radical (unpaired) electrons. The summed E-state index contributed by atoms with van der Waals surface area (Å²) in [7, 11) is -4.11. The highest BCUT2D eigenvalue weighted by Gasteiger charge is 2.55. The summed E-state index contributed by atoms with van der Waals surface area (Å²) in [6, 6.07) is 12.8. The van der Waals surface area contributed by atoms with Crippen molar-refractivity contribution in [3.63, 3.8) is 0 Å². The second kappa shape index (κ2) is 8.31. The van der Waals surface area contributed by atoms with Gasteiger partial charge < -0.3 is 5.11 Å². The second-order valence-electron chi connectivity index (χ2n) is 7.74. The summed E-state index contributed by atoms with van der Waals surface area (Å²) in [5.41, 5.74) is 3.26. The number of benzene rings is 2. The standard InChI is InChI=1S/C23H23FN2O3S/c24-19-7-4-8-20(13-19)30(28,29)26-21(14-25)23(22(26)15-27)18-11-9-17(10-12-18)16-5-2-1-3-6-16/h4-5,7-13,21-23,27H,1-3,6,15H2/t21-,22+,23-/m0/s1. The fourth-order valence-corrected chi connectivity index (χ4v) is 6.25. The summed E-state index contributed by atoms with van der Waals surface area (Å²) in [5, 5.41) is 19.6. The van der Waals surface area contributed by atoms with Crippen LogP contribution in [0.15, 0.2) is 59.5 Å². The van der Waals surface area contributed by atoms with E-state index in [1.807, 2.05) is 24.3 Å². The number of rotatable bonds is 5. The van der Waals surface area contributed by atoms with E-state index in [0.29, 0.717) is 0 Å². The number of hydrogen-bond acceptors (Lipinski definition) is 4. The first-order valence-corrected chi connectivity index (χ1v) is 11.5. The molecule has 0 aromatic heterocycles. The van der Waals surface area contributed by atoms with Crippen molar-refractivity contribution in [3.8, 4) is 6.07 Å². The fourth-order valence-electron chi connectivity index (χ4n) is 4.46. The van der Waals surface area contributed by atoms with Crippen molar-refractivity contribution in [3.05, 3.63) is 71.6 Å². The van der Waals surface area contributed by atoms with Crippen molar-refractivity contribution in [2.24, 2.45) is 0 Å². The molecule has 1 heterocycles. The highest BCUT2D eigenvalue weighted by Crippen LogP contribution is 2.44. The Morgan fingerprint density at radius 3 is 2.53 bits per heavy atom. The third-order valence-electron chi connectivity index (χ3n) is 6.00. The summed E-state index contributed by atoms with van der Waals surface area (Å²) in [5.74, 6) is -1.12. The summed E-state index contributed by atoms with van der Waals surface area (Å²) in [6.45, 7) is -0.426. The van der Waals surface area contributed by atoms with Crippen LogP contribution in [0.5, 0.6) is 0 Å². The molecule has 5 nitrogen and oxygen atoms in total. The average molecular weight is 427 g/mol. The predicted octanol–water partition coefficient (Wildman–Crippen LogP) is 3.82. The van der Waals surface area contributed by atoms with Crippen LogP contribution in [0.2, 0.25) is 0 Å². The van der Waals surface area contributed by atoms with E-state index in [0.717, 1.165) is 40.4 Å². The maximum atomic E-state index is 13.6. The minimum absolute atomic E-state index is 0.223. The number of hydrogen-bond donors (Lipinski definition) is 1. The Hall–Kier alpha value is -2.53. The molecule has 1 fully saturated rings. The Bertz CT molecular complexity index is 1110. The van der Waals surface area contributed by atoms with Crippen LogP contribution in [0, 0.1) is 17.1 Å². The van der Waals surface area contributed by atoms with Crippen molar-refractivity contribution < 1.29 is 17.9 Å². The molecule has 1 aliphatic carbocycles. The van der Waals surface area contributed by atoms with E-state index in [1.165, 1.54) is 30.5 Å². The lowest BCUT2D eigenvalue weighted by molar-refractivity contribution is 0.0556. The number of sulfonamides is 1. The Balaban J connectivity index is 1.63. The maximum Gasteiger partial charge on any atom is 0.244 e. The molecule has 1 aliphatic heterocycles. The van der Waals surface area contributed by atoms with Gasteiger partial charge in [-0.25, -0.2) is 12.8 Å². The molecule has 1 saturated heterocycles. The Morgan fingerprint density at radius 2 is 1.93 bits per heavy atom. The van der Waals surface area contributed by atoms with Crippen LogP contribution < -0.4 is 0 Å². The van der Waals surface area contributed by atoms with E-state index in [-0.39, 0.29) is 4.90 Å². The Morgan fingerprint density at radius 1 is 1.17 bits per heavy atom. The molecular weight excluding hydrogens is 403 g/mol. The van der Waals surface area contributed by atoms with E-state index in [1.54, 1.807) is 0 Å². The molecule has 7 heteroatoms. The molecule has 0 unspecified atom stereocenters. The third-order valence-corrected chi connectivity index (χ3v) is 7.91. The number of nitrogens with zero attached hydrogens (tertiary/aromatic N) is 2. The summed E-state index contributed by atoms with van der Waals surface area (Å²) < 4.78 is 40.6. The van der Waals surface area contributed by atoms with Crippen LogP contribution in [0.4, 0.5) is 4.39 Å². The highest BCUT2D eigenvalue weighted by atomic mass is 32.2. The molecule has 1 N–H and O–H groups in total. The van der Waals surface area contributed by atoms with Crippen molar-refractivity contribution in [1.82, 2.24) is 4.31 Å².